The maximum atomic E-state index is 11.3. The lowest BCUT2D eigenvalue weighted by atomic mass is 10.1. The quantitative estimate of drug-likeness (QED) is 0.419. The largest absolute Gasteiger partial charge is 0.463 e. The number of carbonyl (C=O) groups excluding carboxylic acids is 1. The van der Waals surface area contributed by atoms with E-state index in [1.807, 2.05) is 0 Å². The smallest absolute Gasteiger partial charge is 0.305 e. The normalized spacial score (nSPS) is 10.0. The number of halogens is 1. The Hall–Kier alpha value is -0.320. The third-order valence-corrected chi connectivity index (χ3v) is 2.74. The fourth-order valence-corrected chi connectivity index (χ4v) is 1.70. The number of unbranched alkanes of at least 4 members (excludes halogenated alkanes) is 6. The average Bonchev–Trinajstić information content (AvgIpc) is 2.37. The van der Waals surface area contributed by atoms with E-state index < -0.39 is 0 Å². The average molecular weight is 296 g/mol. The van der Waals surface area contributed by atoms with Crippen molar-refractivity contribution in [3.63, 3.8) is 0 Å². The predicted octanol–water partition coefficient (Wildman–Crippen LogP) is 3.07. The molecular weight excluding hydrogens is 266 g/mol. The second-order valence-electron chi connectivity index (χ2n) is 4.49. The van der Waals surface area contributed by atoms with Crippen molar-refractivity contribution in [2.24, 2.45) is 5.73 Å². The van der Waals surface area contributed by atoms with Gasteiger partial charge >= 0.3 is 5.97 Å². The van der Waals surface area contributed by atoms with Gasteiger partial charge in [-0.25, -0.2) is 0 Å². The number of rotatable bonds is 13. The van der Waals surface area contributed by atoms with Crippen LogP contribution >= 0.6 is 12.4 Å². The van der Waals surface area contributed by atoms with Crippen LogP contribution < -0.4 is 5.73 Å². The molecular formula is C14H30ClNO3. The van der Waals surface area contributed by atoms with E-state index in [-0.39, 0.29) is 18.4 Å². The molecule has 4 nitrogen and oxygen atoms in total. The van der Waals surface area contributed by atoms with Gasteiger partial charge in [0.2, 0.25) is 0 Å². The Morgan fingerprint density at radius 3 is 2.21 bits per heavy atom. The van der Waals surface area contributed by atoms with E-state index in [2.05, 4.69) is 6.92 Å². The summed E-state index contributed by atoms with van der Waals surface area (Å²) in [7, 11) is 0. The molecule has 0 heterocycles. The Balaban J connectivity index is 0. The Morgan fingerprint density at radius 2 is 1.58 bits per heavy atom. The highest BCUT2D eigenvalue weighted by atomic mass is 35.5. The first-order valence-electron chi connectivity index (χ1n) is 7.24. The summed E-state index contributed by atoms with van der Waals surface area (Å²) >= 11 is 0. The van der Waals surface area contributed by atoms with E-state index >= 15 is 0 Å². The maximum Gasteiger partial charge on any atom is 0.305 e. The minimum absolute atomic E-state index is 0. The first kappa shape index (κ1) is 21.0. The predicted molar refractivity (Wildman–Crippen MR) is 80.7 cm³/mol. The lowest BCUT2D eigenvalue weighted by molar-refractivity contribution is -0.145. The highest BCUT2D eigenvalue weighted by Gasteiger charge is 2.02. The first-order chi connectivity index (χ1) is 8.81. The molecule has 0 aromatic heterocycles. The monoisotopic (exact) mass is 295 g/mol. The minimum atomic E-state index is -0.111. The maximum absolute atomic E-state index is 11.3. The Labute approximate surface area is 123 Å². The van der Waals surface area contributed by atoms with Crippen LogP contribution in [0.25, 0.3) is 0 Å². The molecule has 0 aromatic carbocycles. The fourth-order valence-electron chi connectivity index (χ4n) is 1.70. The van der Waals surface area contributed by atoms with E-state index in [1.165, 1.54) is 32.1 Å². The van der Waals surface area contributed by atoms with Crippen LogP contribution in [0.15, 0.2) is 0 Å². The zero-order valence-corrected chi connectivity index (χ0v) is 13.0. The summed E-state index contributed by atoms with van der Waals surface area (Å²) in [5.74, 6) is -0.111. The summed E-state index contributed by atoms with van der Waals surface area (Å²) in [6, 6.07) is 0. The lowest BCUT2D eigenvalue weighted by Gasteiger charge is -2.05. The second kappa shape index (κ2) is 17.7. The fraction of sp³-hybridized carbons (Fsp3) is 0.929. The molecule has 0 aliphatic rings. The van der Waals surface area contributed by atoms with E-state index in [4.69, 9.17) is 15.2 Å². The lowest BCUT2D eigenvalue weighted by Crippen LogP contribution is -2.14. The van der Waals surface area contributed by atoms with Gasteiger partial charge in [0.1, 0.15) is 6.61 Å². The molecule has 2 N–H and O–H groups in total. The van der Waals surface area contributed by atoms with Crippen molar-refractivity contribution in [1.82, 2.24) is 0 Å². The molecule has 0 rings (SSSR count). The summed E-state index contributed by atoms with van der Waals surface area (Å²) in [4.78, 5) is 11.3. The minimum Gasteiger partial charge on any atom is -0.463 e. The molecule has 0 radical (unpaired) electrons. The van der Waals surface area contributed by atoms with Crippen LogP contribution in [0.5, 0.6) is 0 Å². The van der Waals surface area contributed by atoms with Crippen LogP contribution in [0, 0.1) is 0 Å². The molecule has 116 valence electrons. The molecule has 0 fully saturated rings. The standard InChI is InChI=1S/C14H29NO3.ClH/c1-2-3-4-5-6-7-8-9-14(16)18-13-12-17-11-10-15;/h2-13,15H2,1H3;1H. The molecule has 0 saturated heterocycles. The van der Waals surface area contributed by atoms with E-state index in [0.29, 0.717) is 32.8 Å². The van der Waals surface area contributed by atoms with Gasteiger partial charge in [0.25, 0.3) is 0 Å². The van der Waals surface area contributed by atoms with E-state index in [9.17, 15) is 4.79 Å². The SMILES string of the molecule is CCCCCCCCCC(=O)OCCOCCN.Cl. The van der Waals surface area contributed by atoms with Crippen molar-refractivity contribution in [3.05, 3.63) is 0 Å². The van der Waals surface area contributed by atoms with Crippen LogP contribution in [-0.2, 0) is 14.3 Å². The number of hydrogen-bond acceptors (Lipinski definition) is 4. The van der Waals surface area contributed by atoms with Gasteiger partial charge < -0.3 is 15.2 Å². The van der Waals surface area contributed by atoms with Gasteiger partial charge in [-0.3, -0.25) is 4.79 Å². The third-order valence-electron chi connectivity index (χ3n) is 2.74. The van der Waals surface area contributed by atoms with E-state index in [0.717, 1.165) is 12.8 Å². The van der Waals surface area contributed by atoms with Gasteiger partial charge in [0.05, 0.1) is 13.2 Å². The number of carbonyl (C=O) groups is 1. The Morgan fingerprint density at radius 1 is 0.947 bits per heavy atom. The van der Waals surface area contributed by atoms with Crippen LogP contribution in [0.2, 0.25) is 0 Å². The molecule has 0 atom stereocenters. The molecule has 19 heavy (non-hydrogen) atoms. The summed E-state index contributed by atoms with van der Waals surface area (Å²) in [6.45, 7) is 4.03. The molecule has 0 amide bonds. The van der Waals surface area contributed by atoms with Gasteiger partial charge in [-0.2, -0.15) is 0 Å². The first-order valence-corrected chi connectivity index (χ1v) is 7.24. The third kappa shape index (κ3) is 17.7. The van der Waals surface area contributed by atoms with Crippen molar-refractivity contribution in [2.75, 3.05) is 26.4 Å². The number of esters is 1. The zero-order valence-electron chi connectivity index (χ0n) is 12.2. The molecule has 0 aliphatic carbocycles. The van der Waals surface area contributed by atoms with Crippen molar-refractivity contribution in [2.45, 2.75) is 58.3 Å². The van der Waals surface area contributed by atoms with Gasteiger partial charge in [-0.05, 0) is 6.42 Å². The van der Waals surface area contributed by atoms with Crippen LogP contribution in [-0.4, -0.2) is 32.3 Å². The zero-order chi connectivity index (χ0) is 13.5. The summed E-state index contributed by atoms with van der Waals surface area (Å²) < 4.78 is 10.1. The summed E-state index contributed by atoms with van der Waals surface area (Å²) in [5, 5.41) is 0. The number of nitrogens with two attached hydrogens (primary N) is 1. The van der Waals surface area contributed by atoms with Gasteiger partial charge in [-0.15, -0.1) is 12.4 Å². The number of hydrogen-bond donors (Lipinski definition) is 1. The van der Waals surface area contributed by atoms with Crippen molar-refractivity contribution >= 4 is 18.4 Å². The topological polar surface area (TPSA) is 61.5 Å². The summed E-state index contributed by atoms with van der Waals surface area (Å²) in [6.07, 6.45) is 9.04. The number of ether oxygens (including phenoxy) is 2. The molecule has 0 aliphatic heterocycles. The van der Waals surface area contributed by atoms with Gasteiger partial charge in [0.15, 0.2) is 0 Å². The van der Waals surface area contributed by atoms with Crippen molar-refractivity contribution in [1.29, 1.82) is 0 Å². The Kier molecular flexibility index (Phi) is 19.5. The molecule has 5 heteroatoms. The Bertz CT molecular complexity index is 192. The molecule has 0 unspecified atom stereocenters. The highest BCUT2D eigenvalue weighted by Crippen LogP contribution is 2.08. The van der Waals surface area contributed by atoms with Crippen molar-refractivity contribution < 1.29 is 14.3 Å². The second-order valence-corrected chi connectivity index (χ2v) is 4.49. The highest BCUT2D eigenvalue weighted by molar-refractivity contribution is 5.85. The van der Waals surface area contributed by atoms with Gasteiger partial charge in [-0.1, -0.05) is 45.4 Å². The molecule has 0 aromatic rings. The molecule has 0 bridgehead atoms. The van der Waals surface area contributed by atoms with Crippen LogP contribution in [0.3, 0.4) is 0 Å². The molecule has 0 saturated carbocycles. The van der Waals surface area contributed by atoms with E-state index in [1.54, 1.807) is 0 Å². The summed E-state index contributed by atoms with van der Waals surface area (Å²) in [5.41, 5.74) is 5.26. The van der Waals surface area contributed by atoms with Crippen LogP contribution in [0.4, 0.5) is 0 Å². The van der Waals surface area contributed by atoms with Crippen molar-refractivity contribution in [3.8, 4) is 0 Å². The van der Waals surface area contributed by atoms with Crippen LogP contribution in [0.1, 0.15) is 58.3 Å². The van der Waals surface area contributed by atoms with Gasteiger partial charge in [0, 0.05) is 13.0 Å². The molecule has 0 spiro atoms.